The van der Waals surface area contributed by atoms with Gasteiger partial charge in [0.2, 0.25) is 5.95 Å². The van der Waals surface area contributed by atoms with Gasteiger partial charge in [-0.2, -0.15) is 5.10 Å². The monoisotopic (exact) mass is 454 g/mol. The Balaban J connectivity index is 1.62. The molecule has 0 aromatic carbocycles. The summed E-state index contributed by atoms with van der Waals surface area (Å²) in [7, 11) is 9.63. The van der Waals surface area contributed by atoms with Gasteiger partial charge in [0.05, 0.1) is 34.3 Å². The Morgan fingerprint density at radius 1 is 1.34 bits per heavy atom. The number of nitrogens with zero attached hydrogens (tertiary/aromatic N) is 5. The average molecular weight is 455 g/mol. The smallest absolute Gasteiger partial charge is 0.227 e. The van der Waals surface area contributed by atoms with Crippen molar-refractivity contribution in [3.63, 3.8) is 0 Å². The number of likely N-dealkylation sites (N-methyl/N-ethyl adjacent to an activating group) is 1. The van der Waals surface area contributed by atoms with E-state index in [1.54, 1.807) is 24.6 Å². The van der Waals surface area contributed by atoms with Crippen LogP contribution in [0.25, 0.3) is 21.6 Å². The number of methoxy groups -OCH3 is 1. The first-order valence-corrected chi connectivity index (χ1v) is 11.3. The topological polar surface area (TPSA) is 106 Å². The Labute approximate surface area is 192 Å². The molecule has 0 bridgehead atoms. The molecule has 4 N–H and O–H groups in total. The summed E-state index contributed by atoms with van der Waals surface area (Å²) < 4.78 is 8.68. The van der Waals surface area contributed by atoms with Crippen molar-refractivity contribution in [1.82, 2.24) is 30.0 Å². The maximum atomic E-state index is 6.60. The van der Waals surface area contributed by atoms with Gasteiger partial charge in [-0.25, -0.2) is 9.97 Å². The zero-order chi connectivity index (χ0) is 22.9. The van der Waals surface area contributed by atoms with Gasteiger partial charge in [0, 0.05) is 19.3 Å². The van der Waals surface area contributed by atoms with E-state index in [4.69, 9.17) is 15.5 Å². The highest BCUT2D eigenvalue weighted by Crippen LogP contribution is 2.32. The summed E-state index contributed by atoms with van der Waals surface area (Å²) in [6, 6.07) is 3.68. The molecule has 3 heterocycles. The summed E-state index contributed by atoms with van der Waals surface area (Å²) in [5.74, 6) is 1.16. The first-order valence-electron chi connectivity index (χ1n) is 10.5. The number of nitrogens with one attached hydrogen (secondary N) is 2. The molecule has 0 fully saturated rings. The molecule has 1 aliphatic rings. The van der Waals surface area contributed by atoms with Gasteiger partial charge in [0.15, 0.2) is 0 Å². The molecule has 0 radical (unpaired) electrons. The van der Waals surface area contributed by atoms with Crippen molar-refractivity contribution in [3.05, 3.63) is 47.3 Å². The molecule has 9 nitrogen and oxygen atoms in total. The number of thiophene rings is 1. The average Bonchev–Trinajstić information content (AvgIpc) is 3.38. The summed E-state index contributed by atoms with van der Waals surface area (Å²) in [6.07, 6.45) is 6.60. The van der Waals surface area contributed by atoms with Crippen molar-refractivity contribution in [1.29, 1.82) is 0 Å². The van der Waals surface area contributed by atoms with Gasteiger partial charge >= 0.3 is 0 Å². The molecule has 4 rings (SSSR count). The second kappa shape index (κ2) is 8.99. The Bertz CT molecular complexity index is 1160. The van der Waals surface area contributed by atoms with Crippen LogP contribution in [0, 0.1) is 0 Å². The molecule has 0 amide bonds. The van der Waals surface area contributed by atoms with Gasteiger partial charge in [-0.3, -0.25) is 4.68 Å². The number of hydrogen-bond donors (Lipinski definition) is 3. The number of nitrogens with two attached hydrogens (primary N) is 1. The van der Waals surface area contributed by atoms with E-state index in [1.807, 2.05) is 30.9 Å². The molecular formula is C22H30N8OS. The van der Waals surface area contributed by atoms with E-state index < -0.39 is 5.54 Å². The predicted molar refractivity (Wildman–Crippen MR) is 129 cm³/mol. The van der Waals surface area contributed by atoms with Gasteiger partial charge < -0.3 is 26.0 Å². The minimum atomic E-state index is -0.401. The third kappa shape index (κ3) is 4.14. The largest absolute Gasteiger partial charge is 0.495 e. The minimum absolute atomic E-state index is 0.251. The number of aryl methyl sites for hydroxylation is 1. The summed E-state index contributed by atoms with van der Waals surface area (Å²) in [5.41, 5.74) is 9.63. The van der Waals surface area contributed by atoms with E-state index in [-0.39, 0.29) is 6.04 Å². The molecule has 0 saturated carbocycles. The molecule has 0 spiro atoms. The first kappa shape index (κ1) is 22.4. The molecule has 170 valence electrons. The van der Waals surface area contributed by atoms with Gasteiger partial charge in [0.1, 0.15) is 11.5 Å². The summed E-state index contributed by atoms with van der Waals surface area (Å²) in [6.45, 7) is 0.894. The quantitative estimate of drug-likeness (QED) is 0.476. The summed E-state index contributed by atoms with van der Waals surface area (Å²) in [5, 5.41) is 13.4. The first-order chi connectivity index (χ1) is 15.4. The third-order valence-corrected chi connectivity index (χ3v) is 6.77. The van der Waals surface area contributed by atoms with Crippen LogP contribution in [0.5, 0.6) is 0 Å². The molecule has 32 heavy (non-hydrogen) atoms. The van der Waals surface area contributed by atoms with Crippen LogP contribution in [0.1, 0.15) is 6.42 Å². The van der Waals surface area contributed by atoms with Crippen LogP contribution in [0.3, 0.4) is 0 Å². The van der Waals surface area contributed by atoms with E-state index >= 15 is 0 Å². The second-order valence-electron chi connectivity index (χ2n) is 8.16. The standard InChI is InChI=1S/C22H30N8OS/c1-24-22(8-10-29(2)3)13-17(31-5)15(12-18(22)23)27-21-25-9-6-14(26-21)19-20-16(7-11-32-20)30(4)28-19/h6-7,9,11-13,18,24H,8,10,23H2,1-5H3,(H,25,26,27). The van der Waals surface area contributed by atoms with Crippen LogP contribution in [-0.2, 0) is 11.8 Å². The lowest BCUT2D eigenvalue weighted by atomic mass is 9.82. The molecule has 10 heteroatoms. The van der Waals surface area contributed by atoms with E-state index in [2.05, 4.69) is 57.2 Å². The van der Waals surface area contributed by atoms with Crippen LogP contribution in [0.2, 0.25) is 0 Å². The van der Waals surface area contributed by atoms with Crippen molar-refractivity contribution >= 4 is 27.5 Å². The highest BCUT2D eigenvalue weighted by Gasteiger charge is 2.37. The zero-order valence-corrected chi connectivity index (χ0v) is 19.9. The highest BCUT2D eigenvalue weighted by molar-refractivity contribution is 7.17. The fraction of sp³-hybridized carbons (Fsp3) is 0.409. The Kier molecular flexibility index (Phi) is 6.29. The second-order valence-corrected chi connectivity index (χ2v) is 9.08. The lowest BCUT2D eigenvalue weighted by molar-refractivity contribution is 0.260. The van der Waals surface area contributed by atoms with Crippen molar-refractivity contribution in [2.24, 2.45) is 12.8 Å². The number of rotatable bonds is 8. The number of hydrogen-bond acceptors (Lipinski definition) is 9. The SMILES string of the molecule is CNC1(CCN(C)C)C=C(OC)C(Nc2nccc(-c3nn(C)c4ccsc34)n2)=CC1N. The van der Waals surface area contributed by atoms with Crippen LogP contribution in [0.4, 0.5) is 5.95 Å². The number of anilines is 1. The van der Waals surface area contributed by atoms with Gasteiger partial charge in [-0.15, -0.1) is 11.3 Å². The third-order valence-electron chi connectivity index (χ3n) is 5.86. The maximum Gasteiger partial charge on any atom is 0.227 e. The summed E-state index contributed by atoms with van der Waals surface area (Å²) >= 11 is 1.65. The predicted octanol–water partition coefficient (Wildman–Crippen LogP) is 2.17. The maximum absolute atomic E-state index is 6.60. The fourth-order valence-corrected chi connectivity index (χ4v) is 4.84. The lowest BCUT2D eigenvalue weighted by Crippen LogP contribution is -2.57. The molecule has 0 aliphatic heterocycles. The molecule has 2 unspecified atom stereocenters. The fourth-order valence-electron chi connectivity index (χ4n) is 3.92. The number of aromatic nitrogens is 4. The van der Waals surface area contributed by atoms with E-state index in [0.29, 0.717) is 11.7 Å². The van der Waals surface area contributed by atoms with E-state index in [0.717, 1.165) is 40.3 Å². The summed E-state index contributed by atoms with van der Waals surface area (Å²) in [4.78, 5) is 11.3. The Hall–Kier alpha value is -2.79. The van der Waals surface area contributed by atoms with Crippen molar-refractivity contribution in [3.8, 4) is 11.4 Å². The van der Waals surface area contributed by atoms with Gasteiger partial charge in [-0.1, -0.05) is 0 Å². The molecule has 3 aromatic rings. The molecule has 3 aromatic heterocycles. The van der Waals surface area contributed by atoms with Crippen molar-refractivity contribution < 1.29 is 4.74 Å². The Morgan fingerprint density at radius 3 is 2.88 bits per heavy atom. The Morgan fingerprint density at radius 2 is 2.16 bits per heavy atom. The van der Waals surface area contributed by atoms with Gasteiger partial charge in [-0.05, 0) is 63.8 Å². The lowest BCUT2D eigenvalue weighted by Gasteiger charge is -2.39. The molecule has 1 aliphatic carbocycles. The molecular weight excluding hydrogens is 424 g/mol. The van der Waals surface area contributed by atoms with E-state index in [9.17, 15) is 0 Å². The highest BCUT2D eigenvalue weighted by atomic mass is 32.1. The van der Waals surface area contributed by atoms with Crippen LogP contribution in [-0.4, -0.2) is 71.0 Å². The van der Waals surface area contributed by atoms with Gasteiger partial charge in [0.25, 0.3) is 0 Å². The number of fused-ring (bicyclic) bond motifs is 1. The normalized spacial score (nSPS) is 21.0. The zero-order valence-electron chi connectivity index (χ0n) is 19.1. The van der Waals surface area contributed by atoms with Crippen LogP contribution in [0.15, 0.2) is 47.3 Å². The van der Waals surface area contributed by atoms with Crippen LogP contribution < -0.4 is 16.4 Å². The van der Waals surface area contributed by atoms with Crippen LogP contribution >= 0.6 is 11.3 Å². The number of ether oxygens (including phenoxy) is 1. The van der Waals surface area contributed by atoms with Crippen molar-refractivity contribution in [2.75, 3.05) is 40.1 Å². The molecule has 0 saturated heterocycles. The minimum Gasteiger partial charge on any atom is -0.495 e. The van der Waals surface area contributed by atoms with Crippen molar-refractivity contribution in [2.45, 2.75) is 18.0 Å². The molecule has 2 atom stereocenters. The van der Waals surface area contributed by atoms with E-state index in [1.165, 1.54) is 0 Å².